The fourth-order valence-corrected chi connectivity index (χ4v) is 5.90. The third-order valence-electron chi connectivity index (χ3n) is 8.18. The van der Waals surface area contributed by atoms with Crippen molar-refractivity contribution in [1.29, 1.82) is 0 Å². The van der Waals surface area contributed by atoms with Crippen LogP contribution in [0.3, 0.4) is 0 Å². The predicted molar refractivity (Wildman–Crippen MR) is 168 cm³/mol. The second-order valence-corrected chi connectivity index (χ2v) is 17.4. The number of hydrogen-bond donors (Lipinski definition) is 0. The smallest absolute Gasteiger partial charge is 0.192 e. The normalized spacial score (nSPS) is 13.1. The van der Waals surface area contributed by atoms with Gasteiger partial charge in [-0.1, -0.05) is 68.3 Å². The van der Waals surface area contributed by atoms with Gasteiger partial charge >= 0.3 is 0 Å². The number of fused-ring (bicyclic) bond motifs is 1. The van der Waals surface area contributed by atoms with E-state index in [2.05, 4.69) is 84.8 Å². The number of nitrogens with zero attached hydrogens (tertiary/aromatic N) is 5. The number of aryl methyl sites for hydroxylation is 2. The van der Waals surface area contributed by atoms with E-state index in [0.717, 1.165) is 39.6 Å². The van der Waals surface area contributed by atoms with Crippen molar-refractivity contribution in [2.75, 3.05) is 13.7 Å². The molecule has 5 rings (SSSR count). The summed E-state index contributed by atoms with van der Waals surface area (Å²) in [6.45, 7) is 15.9. The van der Waals surface area contributed by atoms with Crippen LogP contribution in [0.2, 0.25) is 23.2 Å². The summed E-state index contributed by atoms with van der Waals surface area (Å²) in [7, 11) is -0.351. The van der Waals surface area contributed by atoms with Crippen molar-refractivity contribution >= 4 is 19.9 Å². The molecule has 2 aromatic carbocycles. The maximum Gasteiger partial charge on any atom is 0.192 e. The monoisotopic (exact) mass is 587 g/mol. The second kappa shape index (κ2) is 11.1. The van der Waals surface area contributed by atoms with E-state index >= 15 is 0 Å². The zero-order chi connectivity index (χ0) is 29.5. The highest BCUT2D eigenvalue weighted by Crippen LogP contribution is 2.40. The van der Waals surface area contributed by atoms with Crippen molar-refractivity contribution in [2.24, 2.45) is 0 Å². The molecule has 1 unspecified atom stereocenters. The average Bonchev–Trinajstić information content (AvgIpc) is 3.54. The lowest BCUT2D eigenvalue weighted by Crippen LogP contribution is -2.42. The summed E-state index contributed by atoms with van der Waals surface area (Å²) in [5.74, 6) is 1.47. The number of ether oxygens (including phenoxy) is 1. The van der Waals surface area contributed by atoms with Gasteiger partial charge in [-0.05, 0) is 55.7 Å². The van der Waals surface area contributed by atoms with Crippen LogP contribution in [0.25, 0.3) is 28.3 Å². The first-order valence-electron chi connectivity index (χ1n) is 13.8. The Morgan fingerprint density at radius 3 is 2.34 bits per heavy atom. The Labute approximate surface area is 248 Å². The van der Waals surface area contributed by atoms with Crippen LogP contribution in [0.1, 0.15) is 43.6 Å². The van der Waals surface area contributed by atoms with Crippen molar-refractivity contribution in [2.45, 2.75) is 58.8 Å². The zero-order valence-corrected chi connectivity index (χ0v) is 26.8. The first-order chi connectivity index (χ1) is 19.4. The molecular weight excluding hydrogens is 550 g/mol. The van der Waals surface area contributed by atoms with Gasteiger partial charge in [-0.25, -0.2) is 4.98 Å². The summed E-state index contributed by atoms with van der Waals surface area (Å²) in [5.41, 5.74) is 6.68. The Hall–Kier alpha value is -3.46. The lowest BCUT2D eigenvalue weighted by molar-refractivity contribution is 0.248. The molecule has 0 bridgehead atoms. The minimum Gasteiger partial charge on any atom is -0.495 e. The van der Waals surface area contributed by atoms with Gasteiger partial charge in [0, 0.05) is 23.5 Å². The predicted octanol–water partition coefficient (Wildman–Crippen LogP) is 8.13. The fraction of sp³-hybridized carbons (Fsp3) is 0.344. The van der Waals surface area contributed by atoms with E-state index in [1.54, 1.807) is 13.4 Å². The molecule has 0 fully saturated rings. The highest BCUT2D eigenvalue weighted by Gasteiger charge is 2.38. The van der Waals surface area contributed by atoms with Gasteiger partial charge in [-0.3, -0.25) is 0 Å². The Morgan fingerprint density at radius 2 is 1.71 bits per heavy atom. The molecule has 1 aromatic heterocycles. The summed E-state index contributed by atoms with van der Waals surface area (Å²) < 4.78 is 16.6. The van der Waals surface area contributed by atoms with E-state index in [4.69, 9.17) is 20.8 Å². The number of imidazole rings is 1. The van der Waals surface area contributed by atoms with Crippen LogP contribution in [0.4, 0.5) is 0 Å². The molecular formula is C32H38ClN5O2Si. The molecule has 0 amide bonds. The maximum absolute atomic E-state index is 6.78. The van der Waals surface area contributed by atoms with Gasteiger partial charge < -0.3 is 18.3 Å². The lowest BCUT2D eigenvalue weighted by atomic mass is 10.0. The standard InChI is InChI=1S/C32H38ClN5O2Si/c1-21-9-11-23(12-10-21)28(19-40-41(7,8)32(3,4)5)38-18-25(33)16-26-30(35-36-31(26)38)24-13-14-27(29(15-24)39-6)37-17-22(2)34-20-37/h9-18,20,28H,19H2,1-8H3. The molecule has 0 aliphatic carbocycles. The third kappa shape index (κ3) is 5.82. The van der Waals surface area contributed by atoms with Crippen LogP contribution in [-0.2, 0) is 4.43 Å². The number of methoxy groups -OCH3 is 1. The average molecular weight is 588 g/mol. The Bertz CT molecular complexity index is 1630. The van der Waals surface area contributed by atoms with Crippen LogP contribution in [0.5, 0.6) is 5.75 Å². The van der Waals surface area contributed by atoms with E-state index < -0.39 is 8.32 Å². The van der Waals surface area contributed by atoms with Gasteiger partial charge in [-0.15, -0.1) is 10.2 Å². The van der Waals surface area contributed by atoms with E-state index in [9.17, 15) is 0 Å². The Morgan fingerprint density at radius 1 is 0.976 bits per heavy atom. The maximum atomic E-state index is 6.78. The van der Waals surface area contributed by atoms with Gasteiger partial charge in [0.1, 0.15) is 11.4 Å². The highest BCUT2D eigenvalue weighted by atomic mass is 35.5. The lowest BCUT2D eigenvalue weighted by Gasteiger charge is -2.38. The van der Waals surface area contributed by atoms with Crippen LogP contribution in [0.15, 0.2) is 67.3 Å². The molecule has 41 heavy (non-hydrogen) atoms. The van der Waals surface area contributed by atoms with Gasteiger partial charge in [0.15, 0.2) is 14.1 Å². The Balaban J connectivity index is 1.57. The van der Waals surface area contributed by atoms with Crippen molar-refractivity contribution in [3.63, 3.8) is 0 Å². The summed E-state index contributed by atoms with van der Waals surface area (Å²) in [6.07, 6.45) is 5.69. The highest BCUT2D eigenvalue weighted by molar-refractivity contribution is 6.74. The second-order valence-electron chi connectivity index (χ2n) is 12.2. The number of aromatic nitrogens is 5. The van der Waals surface area contributed by atoms with Crippen molar-refractivity contribution in [3.8, 4) is 34.1 Å². The molecule has 2 aliphatic heterocycles. The van der Waals surface area contributed by atoms with E-state index in [1.165, 1.54) is 5.56 Å². The van der Waals surface area contributed by atoms with Gasteiger partial charge in [0.05, 0.1) is 42.5 Å². The summed E-state index contributed by atoms with van der Waals surface area (Å²) >= 11 is 6.78. The Kier molecular flexibility index (Phi) is 7.85. The molecule has 214 valence electrons. The van der Waals surface area contributed by atoms with Crippen LogP contribution in [0, 0.1) is 13.8 Å². The van der Waals surface area contributed by atoms with E-state index in [0.29, 0.717) is 17.4 Å². The first-order valence-corrected chi connectivity index (χ1v) is 17.1. The van der Waals surface area contributed by atoms with Crippen LogP contribution < -0.4 is 4.74 Å². The number of halogens is 1. The minimum absolute atomic E-state index is 0.0903. The number of pyridine rings is 1. The summed E-state index contributed by atoms with van der Waals surface area (Å²) in [6, 6.07) is 16.4. The number of hydrogen-bond acceptors (Lipinski definition) is 5. The van der Waals surface area contributed by atoms with E-state index in [1.807, 2.05) is 48.1 Å². The number of rotatable bonds is 8. The largest absolute Gasteiger partial charge is 0.495 e. The van der Waals surface area contributed by atoms with Crippen molar-refractivity contribution in [1.82, 2.24) is 24.3 Å². The SMILES string of the molecule is COc1cc(-c2nnc3n(C(CO[Si](C)(C)C(C)(C)C)c4ccc(C)cc4)cc(Cl)cc2-3)ccc1-n1cnc(C)c1. The molecule has 2 aliphatic rings. The fourth-order valence-electron chi connectivity index (χ4n) is 4.68. The quantitative estimate of drug-likeness (QED) is 0.171. The molecule has 0 saturated carbocycles. The molecule has 3 aromatic rings. The topological polar surface area (TPSA) is 67.0 Å². The van der Waals surface area contributed by atoms with Gasteiger partial charge in [-0.2, -0.15) is 0 Å². The van der Waals surface area contributed by atoms with Crippen LogP contribution in [-0.4, -0.2) is 46.3 Å². The molecule has 0 radical (unpaired) electrons. The first kappa shape index (κ1) is 29.0. The minimum atomic E-state index is -2.02. The molecule has 0 N–H and O–H groups in total. The number of benzene rings is 2. The zero-order valence-electron chi connectivity index (χ0n) is 25.1. The molecule has 9 heteroatoms. The molecule has 3 heterocycles. The van der Waals surface area contributed by atoms with Crippen molar-refractivity contribution in [3.05, 3.63) is 89.1 Å². The molecule has 0 spiro atoms. The van der Waals surface area contributed by atoms with Gasteiger partial charge in [0.25, 0.3) is 0 Å². The van der Waals surface area contributed by atoms with Gasteiger partial charge in [0.2, 0.25) is 0 Å². The molecule has 7 nitrogen and oxygen atoms in total. The summed E-state index contributed by atoms with van der Waals surface area (Å²) in [4.78, 5) is 4.35. The third-order valence-corrected chi connectivity index (χ3v) is 12.9. The molecule has 0 saturated heterocycles. The molecule has 1 atom stereocenters. The summed E-state index contributed by atoms with van der Waals surface area (Å²) in [5, 5.41) is 10.0. The van der Waals surface area contributed by atoms with Crippen LogP contribution >= 0.6 is 11.6 Å². The van der Waals surface area contributed by atoms with E-state index in [-0.39, 0.29) is 11.1 Å². The van der Waals surface area contributed by atoms with Crippen molar-refractivity contribution < 1.29 is 9.16 Å².